The molecule has 1 fully saturated rings. The summed E-state index contributed by atoms with van der Waals surface area (Å²) in [6, 6.07) is 4.84. The van der Waals surface area contributed by atoms with Crippen LogP contribution in [0.4, 0.5) is 0 Å². The quantitative estimate of drug-likeness (QED) is 0.385. The number of benzene rings is 1. The summed E-state index contributed by atoms with van der Waals surface area (Å²) >= 11 is 12.0. The van der Waals surface area contributed by atoms with Gasteiger partial charge in [0.1, 0.15) is 0 Å². The molecule has 0 saturated heterocycles. The first-order valence-corrected chi connectivity index (χ1v) is 7.51. The number of hydrogen-bond donors (Lipinski definition) is 2. The summed E-state index contributed by atoms with van der Waals surface area (Å²) in [6.45, 7) is 0.0723. The smallest absolute Gasteiger partial charge is 0.256 e. The number of nitrogens with two attached hydrogens (primary N) is 1. The van der Waals surface area contributed by atoms with Gasteiger partial charge in [-0.1, -0.05) is 41.2 Å². The van der Waals surface area contributed by atoms with Crippen LogP contribution in [0.5, 0.6) is 0 Å². The molecule has 0 bridgehead atoms. The molecule has 0 radical (unpaired) electrons. The summed E-state index contributed by atoms with van der Waals surface area (Å²) < 4.78 is 0. The van der Waals surface area contributed by atoms with E-state index in [2.05, 4.69) is 5.16 Å². The van der Waals surface area contributed by atoms with Gasteiger partial charge in [0.25, 0.3) is 5.91 Å². The van der Waals surface area contributed by atoms with Crippen LogP contribution in [-0.2, 0) is 0 Å². The number of carbonyl (C=O) groups excluding carboxylic acids is 1. The number of carbonyl (C=O) groups is 1. The summed E-state index contributed by atoms with van der Waals surface area (Å²) in [5.74, 6) is -0.255. The molecule has 0 aromatic heterocycles. The number of nitrogens with zero attached hydrogens (tertiary/aromatic N) is 2. The van der Waals surface area contributed by atoms with Gasteiger partial charge in [-0.3, -0.25) is 4.79 Å². The van der Waals surface area contributed by atoms with E-state index in [0.29, 0.717) is 15.6 Å². The SMILES string of the molecule is NC(CN(C(=O)c1cc(Cl)ccc1Cl)C1CCCC1)=NO. The lowest BCUT2D eigenvalue weighted by molar-refractivity contribution is 0.0712. The Labute approximate surface area is 133 Å². The van der Waals surface area contributed by atoms with Crippen LogP contribution in [0.2, 0.25) is 10.0 Å². The molecule has 1 aliphatic carbocycles. The maximum atomic E-state index is 12.7. The second-order valence-electron chi connectivity index (χ2n) is 5.09. The third-order valence-electron chi connectivity index (χ3n) is 3.65. The van der Waals surface area contributed by atoms with Crippen molar-refractivity contribution < 1.29 is 10.0 Å². The second-order valence-corrected chi connectivity index (χ2v) is 5.93. The van der Waals surface area contributed by atoms with E-state index >= 15 is 0 Å². The molecular formula is C14H17Cl2N3O2. The van der Waals surface area contributed by atoms with Crippen LogP contribution in [0.3, 0.4) is 0 Å². The lowest BCUT2D eigenvalue weighted by Crippen LogP contribution is -2.44. The summed E-state index contributed by atoms with van der Waals surface area (Å²) in [7, 11) is 0. The first-order chi connectivity index (χ1) is 10.0. The van der Waals surface area contributed by atoms with E-state index in [4.69, 9.17) is 34.1 Å². The van der Waals surface area contributed by atoms with Crippen molar-refractivity contribution in [3.05, 3.63) is 33.8 Å². The lowest BCUT2D eigenvalue weighted by atomic mass is 10.1. The molecule has 1 saturated carbocycles. The Morgan fingerprint density at radius 1 is 1.38 bits per heavy atom. The normalized spacial score (nSPS) is 16.2. The number of hydrogen-bond acceptors (Lipinski definition) is 3. The minimum atomic E-state index is -0.249. The third kappa shape index (κ3) is 3.80. The van der Waals surface area contributed by atoms with E-state index in [9.17, 15) is 4.79 Å². The maximum absolute atomic E-state index is 12.7. The average Bonchev–Trinajstić information content (AvgIpc) is 3.00. The summed E-state index contributed by atoms with van der Waals surface area (Å²) in [6.07, 6.45) is 3.94. The molecule has 1 aromatic rings. The third-order valence-corrected chi connectivity index (χ3v) is 4.21. The van der Waals surface area contributed by atoms with Gasteiger partial charge in [-0.25, -0.2) is 0 Å². The Morgan fingerprint density at radius 2 is 2.05 bits per heavy atom. The van der Waals surface area contributed by atoms with E-state index in [0.717, 1.165) is 25.7 Å². The van der Waals surface area contributed by atoms with Crippen molar-refractivity contribution >= 4 is 34.9 Å². The molecule has 3 N–H and O–H groups in total. The van der Waals surface area contributed by atoms with Gasteiger partial charge in [0.05, 0.1) is 17.1 Å². The van der Waals surface area contributed by atoms with Crippen molar-refractivity contribution in [1.82, 2.24) is 4.90 Å². The van der Waals surface area contributed by atoms with Crippen molar-refractivity contribution in [3.63, 3.8) is 0 Å². The zero-order chi connectivity index (χ0) is 15.4. The van der Waals surface area contributed by atoms with Crippen molar-refractivity contribution in [1.29, 1.82) is 0 Å². The first-order valence-electron chi connectivity index (χ1n) is 6.75. The van der Waals surface area contributed by atoms with Gasteiger partial charge in [-0.2, -0.15) is 0 Å². The minimum absolute atomic E-state index is 0.00611. The highest BCUT2D eigenvalue weighted by Crippen LogP contribution is 2.28. The van der Waals surface area contributed by atoms with Gasteiger partial charge < -0.3 is 15.8 Å². The van der Waals surface area contributed by atoms with E-state index in [-0.39, 0.29) is 24.3 Å². The van der Waals surface area contributed by atoms with Gasteiger partial charge in [0.2, 0.25) is 0 Å². The highest BCUT2D eigenvalue weighted by molar-refractivity contribution is 6.35. The molecule has 5 nitrogen and oxygen atoms in total. The van der Waals surface area contributed by atoms with Gasteiger partial charge >= 0.3 is 0 Å². The molecule has 0 spiro atoms. The van der Waals surface area contributed by atoms with Crippen LogP contribution in [-0.4, -0.2) is 34.4 Å². The Bertz CT molecular complexity index is 557. The van der Waals surface area contributed by atoms with E-state index in [1.807, 2.05) is 0 Å². The van der Waals surface area contributed by atoms with Crippen LogP contribution in [0.25, 0.3) is 0 Å². The largest absolute Gasteiger partial charge is 0.409 e. The fraction of sp³-hybridized carbons (Fsp3) is 0.429. The minimum Gasteiger partial charge on any atom is -0.409 e. The first kappa shape index (κ1) is 15.9. The van der Waals surface area contributed by atoms with Gasteiger partial charge in [-0.15, -0.1) is 0 Å². The zero-order valence-electron chi connectivity index (χ0n) is 11.4. The summed E-state index contributed by atoms with van der Waals surface area (Å²) in [5.41, 5.74) is 5.91. The number of rotatable bonds is 4. The topological polar surface area (TPSA) is 78.9 Å². The van der Waals surface area contributed by atoms with E-state index < -0.39 is 0 Å². The molecule has 21 heavy (non-hydrogen) atoms. The molecule has 1 aromatic carbocycles. The lowest BCUT2D eigenvalue weighted by Gasteiger charge is -2.29. The molecule has 0 unspecified atom stereocenters. The summed E-state index contributed by atoms with van der Waals surface area (Å²) in [5, 5.41) is 12.5. The molecule has 1 aliphatic rings. The van der Waals surface area contributed by atoms with Crippen LogP contribution in [0.15, 0.2) is 23.4 Å². The highest BCUT2D eigenvalue weighted by atomic mass is 35.5. The van der Waals surface area contributed by atoms with Crippen LogP contribution in [0, 0.1) is 0 Å². The van der Waals surface area contributed by atoms with E-state index in [1.54, 1.807) is 23.1 Å². The number of halogens is 2. The zero-order valence-corrected chi connectivity index (χ0v) is 12.9. The Hall–Kier alpha value is -1.46. The molecule has 0 atom stereocenters. The fourth-order valence-corrected chi connectivity index (χ4v) is 2.98. The fourth-order valence-electron chi connectivity index (χ4n) is 2.60. The number of amidine groups is 1. The van der Waals surface area contributed by atoms with Crippen molar-refractivity contribution in [2.45, 2.75) is 31.7 Å². The molecule has 2 rings (SSSR count). The summed E-state index contributed by atoms with van der Waals surface area (Å²) in [4.78, 5) is 14.4. The maximum Gasteiger partial charge on any atom is 0.256 e. The van der Waals surface area contributed by atoms with Crippen molar-refractivity contribution in [3.8, 4) is 0 Å². The number of amides is 1. The molecule has 114 valence electrons. The van der Waals surface area contributed by atoms with Crippen LogP contribution in [0.1, 0.15) is 36.0 Å². The van der Waals surface area contributed by atoms with E-state index in [1.165, 1.54) is 0 Å². The Morgan fingerprint density at radius 3 is 2.67 bits per heavy atom. The predicted octanol–water partition coefficient (Wildman–Crippen LogP) is 3.12. The standard InChI is InChI=1S/C14H17Cl2N3O2/c15-9-5-6-12(16)11(7-9)14(20)19(8-13(17)18-21)10-3-1-2-4-10/h5-7,10,21H,1-4,8H2,(H2,17,18). The molecule has 0 heterocycles. The molecule has 1 amide bonds. The number of oxime groups is 1. The van der Waals surface area contributed by atoms with Crippen LogP contribution < -0.4 is 5.73 Å². The molecule has 7 heteroatoms. The Balaban J connectivity index is 2.30. The molecular weight excluding hydrogens is 313 g/mol. The Kier molecular flexibility index (Phi) is 5.31. The van der Waals surface area contributed by atoms with Crippen LogP contribution >= 0.6 is 23.2 Å². The average molecular weight is 330 g/mol. The van der Waals surface area contributed by atoms with Crippen molar-refractivity contribution in [2.24, 2.45) is 10.9 Å². The van der Waals surface area contributed by atoms with Gasteiger partial charge in [-0.05, 0) is 31.0 Å². The monoisotopic (exact) mass is 329 g/mol. The molecule has 0 aliphatic heterocycles. The second kappa shape index (κ2) is 7.00. The predicted molar refractivity (Wildman–Crippen MR) is 83.2 cm³/mol. The van der Waals surface area contributed by atoms with Crippen molar-refractivity contribution in [2.75, 3.05) is 6.54 Å². The highest BCUT2D eigenvalue weighted by Gasteiger charge is 2.29. The van der Waals surface area contributed by atoms with Gasteiger partial charge in [0.15, 0.2) is 5.84 Å². The van der Waals surface area contributed by atoms with Gasteiger partial charge in [0, 0.05) is 11.1 Å².